The van der Waals surface area contributed by atoms with Crippen LogP contribution in [0.3, 0.4) is 0 Å². The van der Waals surface area contributed by atoms with E-state index in [2.05, 4.69) is 138 Å². The number of hydrogen-bond donors (Lipinski definition) is 0. The Labute approximate surface area is 349 Å². The quantitative estimate of drug-likeness (QED) is 0.169. The lowest BCUT2D eigenvalue weighted by atomic mass is 9.99. The predicted molar refractivity (Wildman–Crippen MR) is 249 cm³/mol. The molecule has 0 aliphatic carbocycles. The number of nitrogens with zero attached hydrogens (tertiary/aromatic N) is 4. The number of para-hydroxylation sites is 1. The molecule has 0 saturated carbocycles. The predicted octanol–water partition coefficient (Wildman–Crippen LogP) is 15.4. The molecule has 0 saturated heterocycles. The summed E-state index contributed by atoms with van der Waals surface area (Å²) in [6.45, 7) is 0. The molecule has 56 heavy (non-hydrogen) atoms. The van der Waals surface area contributed by atoms with E-state index in [9.17, 15) is 0 Å². The highest BCUT2D eigenvalue weighted by molar-refractivity contribution is 7.26. The van der Waals surface area contributed by atoms with Gasteiger partial charge in [-0.05, 0) is 53.1 Å². The van der Waals surface area contributed by atoms with E-state index in [-0.39, 0.29) is 0 Å². The molecule has 3 aromatic heterocycles. The van der Waals surface area contributed by atoms with Gasteiger partial charge in [0, 0.05) is 74.0 Å². The normalized spacial score (nSPS) is 12.6. The van der Waals surface area contributed by atoms with Crippen LogP contribution >= 0.6 is 11.3 Å². The molecule has 3 heterocycles. The minimum atomic E-state index is 0.627. The van der Waals surface area contributed by atoms with Crippen molar-refractivity contribution in [1.82, 2.24) is 19.5 Å². The number of benzene rings is 8. The molecular formula is C51H46N4S. The maximum absolute atomic E-state index is 5.08. The van der Waals surface area contributed by atoms with E-state index in [0.29, 0.717) is 17.5 Å². The number of aromatic nitrogens is 4. The van der Waals surface area contributed by atoms with Gasteiger partial charge in [0.2, 0.25) is 0 Å². The SMILES string of the molecule is [2H][2H].[2H][2H].[2H][2H].[2H][2H].[2H][2H].[2H][2H].[2H][2H].c1ccc(-c2nc(-c3ccccc3)nc(-c3ccc(-n4c5ccccc5c5ccc(-c6cccc7c6sc6ccccc67)cc54)c(-c4ccccc4)c3)n2)cc1. The van der Waals surface area contributed by atoms with E-state index in [1.165, 1.54) is 42.1 Å². The highest BCUT2D eigenvalue weighted by Crippen LogP contribution is 2.43. The number of fused-ring (bicyclic) bond motifs is 6. The Kier molecular flexibility index (Phi) is 6.10. The monoisotopic (exact) mass is 760 g/mol. The fraction of sp³-hybridized carbons (Fsp3) is 0. The third-order valence-corrected chi connectivity index (χ3v) is 11.9. The lowest BCUT2D eigenvalue weighted by Gasteiger charge is -2.16. The zero-order valence-corrected chi connectivity index (χ0v) is 31.0. The second-order valence-corrected chi connectivity index (χ2v) is 15.1. The fourth-order valence-electron chi connectivity index (χ4n) is 8.03. The molecule has 276 valence electrons. The van der Waals surface area contributed by atoms with Crippen LogP contribution in [0.25, 0.3) is 104 Å². The molecular weight excluding hydrogens is 701 g/mol. The van der Waals surface area contributed by atoms with Crippen molar-refractivity contribution in [3.05, 3.63) is 194 Å². The van der Waals surface area contributed by atoms with Crippen LogP contribution in [0, 0.1) is 0 Å². The van der Waals surface area contributed by atoms with Crippen LogP contribution < -0.4 is 0 Å². The molecule has 5 heteroatoms. The summed E-state index contributed by atoms with van der Waals surface area (Å²) >= 11 is 1.87. The molecule has 0 aliphatic rings. The largest absolute Gasteiger partial charge is 0.309 e. The standard InChI is InChI=1S/C51H32N4S.7H2/c1-4-15-33(16-5-1)43-31-37(51-53-49(34-17-6-2-7-18-34)52-50(54-51)35-19-8-3-9-20-35)28-30-45(43)55-44-25-12-10-21-39(44)40-29-27-36(32-46(40)55)38-23-14-24-42-41-22-11-13-26-47(41)56-48(38)42;;;;;;;/h1-32H;7*1H/i;7*1+1D. The topological polar surface area (TPSA) is 43.6 Å². The van der Waals surface area contributed by atoms with Gasteiger partial charge >= 0.3 is 0 Å². The highest BCUT2D eigenvalue weighted by atomic mass is 32.1. The molecule has 8 aromatic carbocycles. The first-order chi connectivity index (χ1) is 34.8. The molecule has 0 atom stereocenters. The zero-order valence-electron chi connectivity index (χ0n) is 44.2. The first-order valence-electron chi connectivity index (χ1n) is 25.8. The fourth-order valence-corrected chi connectivity index (χ4v) is 9.27. The molecule has 0 N–H and O–H groups in total. The van der Waals surface area contributed by atoms with Crippen LogP contribution in [-0.4, -0.2) is 19.5 Å². The molecule has 0 unspecified atom stereocenters. The summed E-state index contributed by atoms with van der Waals surface area (Å²) in [6, 6.07) is 68.7. The highest BCUT2D eigenvalue weighted by Gasteiger charge is 2.20. The average Bonchev–Trinajstić information content (AvgIpc) is 4.03. The van der Waals surface area contributed by atoms with Crippen LogP contribution in [0.2, 0.25) is 0 Å². The number of hydrogen-bond acceptors (Lipinski definition) is 4. The molecule has 0 radical (unpaired) electrons. The summed E-state index contributed by atoms with van der Waals surface area (Å²) in [7, 11) is 0. The molecule has 0 amide bonds. The number of thiophene rings is 1. The maximum Gasteiger partial charge on any atom is 0.164 e. The van der Waals surface area contributed by atoms with Crippen molar-refractivity contribution in [1.29, 1.82) is 0 Å². The van der Waals surface area contributed by atoms with Crippen molar-refractivity contribution in [2.45, 2.75) is 0 Å². The van der Waals surface area contributed by atoms with E-state index in [1.54, 1.807) is 0 Å². The molecule has 11 rings (SSSR count). The van der Waals surface area contributed by atoms with Crippen molar-refractivity contribution in [2.24, 2.45) is 0 Å². The van der Waals surface area contributed by atoms with Gasteiger partial charge in [0.25, 0.3) is 0 Å². The van der Waals surface area contributed by atoms with Crippen molar-refractivity contribution in [3.63, 3.8) is 0 Å². The minimum Gasteiger partial charge on any atom is -0.309 e. The molecule has 0 fully saturated rings. The minimum absolute atomic E-state index is 0.627. The van der Waals surface area contributed by atoms with E-state index >= 15 is 0 Å². The molecule has 0 bridgehead atoms. The first-order valence-corrected chi connectivity index (χ1v) is 19.6. The Morgan fingerprint density at radius 3 is 1.64 bits per heavy atom. The average molecular weight is 761 g/mol. The van der Waals surface area contributed by atoms with Crippen LogP contribution in [0.4, 0.5) is 0 Å². The molecule has 11 aromatic rings. The van der Waals surface area contributed by atoms with Gasteiger partial charge < -0.3 is 4.57 Å². The van der Waals surface area contributed by atoms with E-state index in [0.717, 1.165) is 44.5 Å². The van der Waals surface area contributed by atoms with Gasteiger partial charge in [-0.2, -0.15) is 0 Å². The van der Waals surface area contributed by atoms with Crippen molar-refractivity contribution >= 4 is 53.3 Å². The second kappa shape index (κ2) is 13.3. The lowest BCUT2D eigenvalue weighted by Crippen LogP contribution is -2.02. The Morgan fingerprint density at radius 1 is 0.375 bits per heavy atom. The summed E-state index contributed by atoms with van der Waals surface area (Å²) < 4.78 is 75.1. The molecule has 0 aliphatic heterocycles. The van der Waals surface area contributed by atoms with E-state index in [4.69, 9.17) is 35.7 Å². The maximum atomic E-state index is 5.08. The smallest absolute Gasteiger partial charge is 0.164 e. The Balaban J connectivity index is 0.000000703. The number of rotatable bonds is 6. The van der Waals surface area contributed by atoms with Gasteiger partial charge in [0.05, 0.1) is 16.7 Å². The van der Waals surface area contributed by atoms with Crippen LogP contribution in [-0.2, 0) is 0 Å². The molecule has 0 spiro atoms. The Bertz CT molecular complexity index is 3230. The third-order valence-electron chi connectivity index (χ3n) is 10.7. The van der Waals surface area contributed by atoms with Crippen LogP contribution in [0.1, 0.15) is 20.8 Å². The zero-order chi connectivity index (χ0) is 51.0. The summed E-state index contributed by atoms with van der Waals surface area (Å²) in [4.78, 5) is 15.1. The van der Waals surface area contributed by atoms with Crippen molar-refractivity contribution in [2.75, 3.05) is 0 Å². The Hall–Kier alpha value is -7.21. The van der Waals surface area contributed by atoms with Crippen LogP contribution in [0.15, 0.2) is 194 Å². The van der Waals surface area contributed by atoms with Gasteiger partial charge in [0.15, 0.2) is 17.5 Å². The summed E-state index contributed by atoms with van der Waals surface area (Å²) in [5.74, 6) is 1.91. The van der Waals surface area contributed by atoms with Gasteiger partial charge in [-0.25, -0.2) is 15.0 Å². The third kappa shape index (κ3) is 5.40. The molecule has 4 nitrogen and oxygen atoms in total. The van der Waals surface area contributed by atoms with Gasteiger partial charge in [-0.1, -0.05) is 158 Å². The first kappa shape index (κ1) is 25.7. The van der Waals surface area contributed by atoms with Gasteiger partial charge in [0.1, 0.15) is 0 Å². The van der Waals surface area contributed by atoms with E-state index < -0.39 is 0 Å². The second-order valence-electron chi connectivity index (χ2n) is 14.0. The van der Waals surface area contributed by atoms with E-state index in [1.807, 2.05) is 72.0 Å². The summed E-state index contributed by atoms with van der Waals surface area (Å²) in [6.07, 6.45) is 0. The summed E-state index contributed by atoms with van der Waals surface area (Å²) in [5, 5.41) is 5.04. The lowest BCUT2D eigenvalue weighted by molar-refractivity contribution is 1.07. The van der Waals surface area contributed by atoms with Gasteiger partial charge in [-0.15, -0.1) is 11.3 Å². The Morgan fingerprint density at radius 2 is 0.929 bits per heavy atom. The van der Waals surface area contributed by atoms with Gasteiger partial charge in [-0.3, -0.25) is 0 Å². The van der Waals surface area contributed by atoms with Crippen molar-refractivity contribution < 1.29 is 20.8 Å². The van der Waals surface area contributed by atoms with Crippen LogP contribution in [0.5, 0.6) is 0 Å². The van der Waals surface area contributed by atoms with Crippen molar-refractivity contribution in [3.8, 4) is 62.1 Å². The summed E-state index contributed by atoms with van der Waals surface area (Å²) in [5.41, 5.74) is 10.9.